The van der Waals surface area contributed by atoms with Crippen LogP contribution in [0.25, 0.3) is 11.3 Å². The maximum atomic E-state index is 10.7. The van der Waals surface area contributed by atoms with Gasteiger partial charge in [0.15, 0.2) is 0 Å². The first kappa shape index (κ1) is 11.1. The molecule has 0 unspecified atom stereocenters. The highest BCUT2D eigenvalue weighted by Crippen LogP contribution is 2.63. The Hall–Kier alpha value is -1.61. The molecule has 1 N–H and O–H groups in total. The molecule has 1 aromatic heterocycles. The standard InChI is InChI=1S/C17H18N2O/c20-16-13(8-17(16)6-3-7-17)15-12-5-2-1-4-11(12)14-9-18-10-19(14)15/h1-2,4-5,9-10,13,15-16,20H,3,6-8H2/t13-,15+,16-/m1/s1. The highest BCUT2D eigenvalue weighted by molar-refractivity contribution is 5.69. The van der Waals surface area contributed by atoms with Gasteiger partial charge in [0.25, 0.3) is 0 Å². The zero-order valence-electron chi connectivity index (χ0n) is 11.4. The Morgan fingerprint density at radius 1 is 1.25 bits per heavy atom. The van der Waals surface area contributed by atoms with Gasteiger partial charge in [-0.15, -0.1) is 0 Å². The first-order valence-electron chi connectivity index (χ1n) is 7.59. The number of hydrogen-bond donors (Lipinski definition) is 1. The molecule has 3 heteroatoms. The molecule has 3 nitrogen and oxygen atoms in total. The summed E-state index contributed by atoms with van der Waals surface area (Å²) in [4.78, 5) is 4.31. The molecule has 2 heterocycles. The molecule has 1 aliphatic heterocycles. The van der Waals surface area contributed by atoms with Gasteiger partial charge in [0.05, 0.1) is 30.4 Å². The third-order valence-electron chi connectivity index (χ3n) is 5.95. The number of rotatable bonds is 1. The minimum Gasteiger partial charge on any atom is -0.392 e. The predicted molar refractivity (Wildman–Crippen MR) is 76.2 cm³/mol. The lowest BCUT2D eigenvalue weighted by Crippen LogP contribution is -2.58. The molecule has 102 valence electrons. The maximum absolute atomic E-state index is 10.7. The highest BCUT2D eigenvalue weighted by atomic mass is 16.3. The molecule has 1 aromatic carbocycles. The first-order chi connectivity index (χ1) is 9.80. The Balaban J connectivity index is 1.59. The number of aliphatic hydroxyl groups excluding tert-OH is 1. The zero-order valence-corrected chi connectivity index (χ0v) is 11.4. The van der Waals surface area contributed by atoms with Crippen LogP contribution in [0.2, 0.25) is 0 Å². The summed E-state index contributed by atoms with van der Waals surface area (Å²) in [5, 5.41) is 10.7. The average molecular weight is 266 g/mol. The summed E-state index contributed by atoms with van der Waals surface area (Å²) in [5.41, 5.74) is 4.12. The predicted octanol–water partition coefficient (Wildman–Crippen LogP) is 3.00. The van der Waals surface area contributed by atoms with Crippen molar-refractivity contribution in [1.29, 1.82) is 0 Å². The minimum atomic E-state index is -0.136. The van der Waals surface area contributed by atoms with E-state index >= 15 is 0 Å². The lowest BCUT2D eigenvalue weighted by Gasteiger charge is -2.60. The molecule has 2 aliphatic carbocycles. The van der Waals surface area contributed by atoms with Crippen molar-refractivity contribution < 1.29 is 5.11 Å². The Morgan fingerprint density at radius 3 is 2.85 bits per heavy atom. The summed E-state index contributed by atoms with van der Waals surface area (Å²) in [6.07, 6.45) is 8.64. The molecular formula is C17H18N2O. The minimum absolute atomic E-state index is 0.136. The molecule has 0 bridgehead atoms. The molecule has 0 saturated heterocycles. The van der Waals surface area contributed by atoms with Gasteiger partial charge in [-0.1, -0.05) is 30.7 Å². The number of nitrogens with zero attached hydrogens (tertiary/aromatic N) is 2. The zero-order chi connectivity index (χ0) is 13.3. The number of hydrogen-bond acceptors (Lipinski definition) is 2. The van der Waals surface area contributed by atoms with Crippen molar-refractivity contribution in [2.24, 2.45) is 11.3 Å². The number of aliphatic hydroxyl groups is 1. The molecule has 0 radical (unpaired) electrons. The normalized spacial score (nSPS) is 32.4. The van der Waals surface area contributed by atoms with E-state index in [-0.39, 0.29) is 17.6 Å². The van der Waals surface area contributed by atoms with E-state index in [0.717, 1.165) is 0 Å². The van der Waals surface area contributed by atoms with Crippen LogP contribution in [0.1, 0.15) is 37.3 Å². The van der Waals surface area contributed by atoms with Crippen LogP contribution >= 0.6 is 0 Å². The van der Waals surface area contributed by atoms with Crippen LogP contribution in [0.3, 0.4) is 0 Å². The largest absolute Gasteiger partial charge is 0.392 e. The highest BCUT2D eigenvalue weighted by Gasteiger charge is 2.59. The molecule has 2 fully saturated rings. The van der Waals surface area contributed by atoms with Gasteiger partial charge in [0, 0.05) is 11.5 Å². The van der Waals surface area contributed by atoms with Gasteiger partial charge in [-0.05, 0) is 30.2 Å². The Bertz CT molecular complexity index is 686. The number of imidazole rings is 1. The summed E-state index contributed by atoms with van der Waals surface area (Å²) in [5.74, 6) is 0.354. The van der Waals surface area contributed by atoms with Crippen LogP contribution in [-0.2, 0) is 0 Å². The van der Waals surface area contributed by atoms with Crippen molar-refractivity contribution in [3.8, 4) is 11.3 Å². The fraction of sp³-hybridized carbons (Fsp3) is 0.471. The van der Waals surface area contributed by atoms with Crippen LogP contribution in [0, 0.1) is 11.3 Å². The molecule has 3 aliphatic rings. The van der Waals surface area contributed by atoms with E-state index in [1.807, 2.05) is 12.5 Å². The quantitative estimate of drug-likeness (QED) is 0.861. The summed E-state index contributed by atoms with van der Waals surface area (Å²) < 4.78 is 2.27. The van der Waals surface area contributed by atoms with E-state index < -0.39 is 0 Å². The van der Waals surface area contributed by atoms with E-state index in [1.54, 1.807) is 0 Å². The SMILES string of the molecule is O[C@@H]1[C@@H]([C@@H]2c3ccccc3-c3cncn32)CC12CCC2. The van der Waals surface area contributed by atoms with Gasteiger partial charge < -0.3 is 9.67 Å². The van der Waals surface area contributed by atoms with Crippen LogP contribution in [-0.4, -0.2) is 20.8 Å². The van der Waals surface area contributed by atoms with Gasteiger partial charge in [-0.3, -0.25) is 0 Å². The number of fused-ring (bicyclic) bond motifs is 3. The van der Waals surface area contributed by atoms with Crippen LogP contribution in [0.15, 0.2) is 36.8 Å². The molecule has 1 spiro atoms. The lowest BCUT2D eigenvalue weighted by atomic mass is 9.48. The van der Waals surface area contributed by atoms with Crippen LogP contribution < -0.4 is 0 Å². The van der Waals surface area contributed by atoms with Gasteiger partial charge in [-0.2, -0.15) is 0 Å². The van der Waals surface area contributed by atoms with E-state index in [4.69, 9.17) is 0 Å². The summed E-state index contributed by atoms with van der Waals surface area (Å²) in [7, 11) is 0. The van der Waals surface area contributed by atoms with Crippen molar-refractivity contribution >= 4 is 0 Å². The first-order valence-corrected chi connectivity index (χ1v) is 7.59. The van der Waals surface area contributed by atoms with Gasteiger partial charge in [0.1, 0.15) is 0 Å². The van der Waals surface area contributed by atoms with Crippen LogP contribution in [0.5, 0.6) is 0 Å². The van der Waals surface area contributed by atoms with Crippen molar-refractivity contribution in [3.63, 3.8) is 0 Å². The second-order valence-corrected chi connectivity index (χ2v) is 6.75. The molecule has 0 amide bonds. The topological polar surface area (TPSA) is 38.1 Å². The summed E-state index contributed by atoms with van der Waals surface area (Å²) >= 11 is 0. The fourth-order valence-corrected chi connectivity index (χ4v) is 4.72. The summed E-state index contributed by atoms with van der Waals surface area (Å²) in [6, 6.07) is 8.86. The van der Waals surface area contributed by atoms with Crippen molar-refractivity contribution in [2.75, 3.05) is 0 Å². The Morgan fingerprint density at radius 2 is 2.10 bits per heavy atom. The Labute approximate surface area is 118 Å². The monoisotopic (exact) mass is 266 g/mol. The van der Waals surface area contributed by atoms with Gasteiger partial charge >= 0.3 is 0 Å². The molecule has 5 rings (SSSR count). The molecule has 2 aromatic rings. The second-order valence-electron chi connectivity index (χ2n) is 6.75. The molecular weight excluding hydrogens is 248 g/mol. The second kappa shape index (κ2) is 3.53. The van der Waals surface area contributed by atoms with Crippen molar-refractivity contribution in [3.05, 3.63) is 42.4 Å². The maximum Gasteiger partial charge on any atom is 0.0956 e. The molecule has 2 saturated carbocycles. The summed E-state index contributed by atoms with van der Waals surface area (Å²) in [6.45, 7) is 0. The number of aromatic nitrogens is 2. The van der Waals surface area contributed by atoms with Gasteiger partial charge in [-0.25, -0.2) is 4.98 Å². The fourth-order valence-electron chi connectivity index (χ4n) is 4.72. The van der Waals surface area contributed by atoms with E-state index in [0.29, 0.717) is 5.92 Å². The van der Waals surface area contributed by atoms with Crippen LogP contribution in [0.4, 0.5) is 0 Å². The van der Waals surface area contributed by atoms with Crippen molar-refractivity contribution in [1.82, 2.24) is 9.55 Å². The van der Waals surface area contributed by atoms with E-state index in [9.17, 15) is 5.11 Å². The smallest absolute Gasteiger partial charge is 0.0956 e. The molecule has 20 heavy (non-hydrogen) atoms. The van der Waals surface area contributed by atoms with E-state index in [1.165, 1.54) is 42.5 Å². The third kappa shape index (κ3) is 1.14. The van der Waals surface area contributed by atoms with Gasteiger partial charge in [0.2, 0.25) is 0 Å². The van der Waals surface area contributed by atoms with E-state index in [2.05, 4.69) is 33.8 Å². The van der Waals surface area contributed by atoms with Crippen molar-refractivity contribution in [2.45, 2.75) is 37.8 Å². The molecule has 3 atom stereocenters. The average Bonchev–Trinajstić information content (AvgIpc) is 2.98. The number of benzene rings is 1. The lowest BCUT2D eigenvalue weighted by molar-refractivity contribution is -0.173. The third-order valence-corrected chi connectivity index (χ3v) is 5.95. The Kier molecular flexibility index (Phi) is 1.96.